The number of para-hydroxylation sites is 2. The van der Waals surface area contributed by atoms with Crippen molar-refractivity contribution in [3.63, 3.8) is 0 Å². The predicted molar refractivity (Wildman–Crippen MR) is 160 cm³/mol. The predicted octanol–water partition coefficient (Wildman–Crippen LogP) is 4.24. The van der Waals surface area contributed by atoms with Crippen LogP contribution < -0.4 is 29.4 Å². The molecule has 4 aromatic rings. The molecule has 0 fully saturated rings. The first kappa shape index (κ1) is 32.3. The summed E-state index contributed by atoms with van der Waals surface area (Å²) >= 11 is 0. The van der Waals surface area contributed by atoms with E-state index in [9.17, 15) is 18.0 Å². The lowest BCUT2D eigenvalue weighted by Crippen LogP contribution is -2.22. The number of hydrogen-bond donors (Lipinski definition) is 2. The second-order valence-electron chi connectivity index (χ2n) is 9.02. The molecule has 0 saturated heterocycles. The fourth-order valence-corrected chi connectivity index (χ4v) is 4.86. The average molecular weight is 639 g/mol. The van der Waals surface area contributed by atoms with Gasteiger partial charge in [0.15, 0.2) is 23.4 Å². The van der Waals surface area contributed by atoms with Gasteiger partial charge in [-0.05, 0) is 42.0 Å². The van der Waals surface area contributed by atoms with Crippen molar-refractivity contribution in [2.24, 2.45) is 5.73 Å². The van der Waals surface area contributed by atoms with Gasteiger partial charge >= 0.3 is 12.1 Å². The molecule has 45 heavy (non-hydrogen) atoms. The lowest BCUT2D eigenvalue weighted by atomic mass is 10.1. The molecule has 0 spiro atoms. The first-order valence-corrected chi connectivity index (χ1v) is 14.8. The van der Waals surface area contributed by atoms with E-state index in [0.717, 1.165) is 6.33 Å². The number of primary amides is 1. The summed E-state index contributed by atoms with van der Waals surface area (Å²) in [5, 5.41) is 0. The number of anilines is 1. The Morgan fingerprint density at radius 1 is 0.889 bits per heavy atom. The molecule has 14 nitrogen and oxygen atoms in total. The van der Waals surface area contributed by atoms with Crippen LogP contribution >= 0.6 is 0 Å². The van der Waals surface area contributed by atoms with Crippen molar-refractivity contribution in [1.29, 1.82) is 0 Å². The van der Waals surface area contributed by atoms with Crippen LogP contribution in [0.25, 0.3) is 0 Å². The molecule has 0 aliphatic heterocycles. The van der Waals surface area contributed by atoms with Crippen LogP contribution in [0.5, 0.6) is 28.9 Å². The van der Waals surface area contributed by atoms with Gasteiger partial charge in [-0.3, -0.25) is 9.52 Å². The molecule has 0 aliphatic carbocycles. The van der Waals surface area contributed by atoms with Crippen LogP contribution in [-0.2, 0) is 24.3 Å². The third kappa shape index (κ3) is 9.21. The lowest BCUT2D eigenvalue weighted by molar-refractivity contribution is -0.141. The number of amides is 1. The van der Waals surface area contributed by atoms with Crippen molar-refractivity contribution in [2.75, 3.05) is 31.7 Å². The Hall–Kier alpha value is -5.57. The summed E-state index contributed by atoms with van der Waals surface area (Å²) in [5.74, 6) is -0.132. The van der Waals surface area contributed by atoms with Crippen molar-refractivity contribution in [1.82, 2.24) is 9.97 Å². The molecule has 3 aromatic carbocycles. The van der Waals surface area contributed by atoms with Crippen LogP contribution in [0.1, 0.15) is 18.6 Å². The quantitative estimate of drug-likeness (QED) is 0.139. The number of carbonyl (C=O) groups is 2. The van der Waals surface area contributed by atoms with Crippen LogP contribution in [0.2, 0.25) is 0 Å². The average Bonchev–Trinajstić information content (AvgIpc) is 3.03. The number of carbonyl (C=O) groups excluding carboxylic acids is 2. The van der Waals surface area contributed by atoms with Crippen LogP contribution in [0.3, 0.4) is 0 Å². The fourth-order valence-electron chi connectivity index (χ4n) is 3.85. The summed E-state index contributed by atoms with van der Waals surface area (Å²) in [4.78, 5) is 30.6. The maximum absolute atomic E-state index is 13.4. The van der Waals surface area contributed by atoms with Crippen molar-refractivity contribution in [2.45, 2.75) is 17.9 Å². The molecule has 0 aliphatic rings. The first-order valence-electron chi connectivity index (χ1n) is 13.3. The molecule has 1 atom stereocenters. The number of ether oxygens (including phenoxy) is 6. The number of nitrogens with two attached hydrogens (primary N) is 1. The Morgan fingerprint density at radius 2 is 1.58 bits per heavy atom. The summed E-state index contributed by atoms with van der Waals surface area (Å²) < 4.78 is 62.1. The van der Waals surface area contributed by atoms with E-state index in [1.54, 1.807) is 54.6 Å². The highest BCUT2D eigenvalue weighted by atomic mass is 32.2. The Bertz CT molecular complexity index is 1700. The topological polar surface area (TPSA) is 187 Å². The minimum absolute atomic E-state index is 0.0464. The number of benzene rings is 3. The summed E-state index contributed by atoms with van der Waals surface area (Å²) in [6, 6.07) is 20.9. The van der Waals surface area contributed by atoms with E-state index in [4.69, 9.17) is 34.2 Å². The highest BCUT2D eigenvalue weighted by molar-refractivity contribution is 7.92. The summed E-state index contributed by atoms with van der Waals surface area (Å²) in [6.07, 6.45) is -0.864. The summed E-state index contributed by atoms with van der Waals surface area (Å²) in [7, 11) is -2.78. The zero-order valence-corrected chi connectivity index (χ0v) is 25.1. The third-order valence-electron chi connectivity index (χ3n) is 5.88. The van der Waals surface area contributed by atoms with Crippen LogP contribution in [0, 0.1) is 0 Å². The van der Waals surface area contributed by atoms with Crippen molar-refractivity contribution >= 4 is 27.9 Å². The Balaban J connectivity index is 1.62. The Labute approximate surface area is 259 Å². The van der Waals surface area contributed by atoms with E-state index >= 15 is 0 Å². The second kappa shape index (κ2) is 15.2. The molecule has 3 N–H and O–H groups in total. The molecule has 0 saturated carbocycles. The molecule has 1 aromatic heterocycles. The number of methoxy groups -OCH3 is 1. The summed E-state index contributed by atoms with van der Waals surface area (Å²) in [5.41, 5.74) is 5.87. The normalized spacial score (nSPS) is 11.5. The van der Waals surface area contributed by atoms with Gasteiger partial charge in [-0.15, -0.1) is 0 Å². The number of hydrogen-bond acceptors (Lipinski definition) is 12. The van der Waals surface area contributed by atoms with Gasteiger partial charge in [0.05, 0.1) is 12.0 Å². The summed E-state index contributed by atoms with van der Waals surface area (Å²) in [6.45, 7) is 1.17. The maximum atomic E-state index is 13.4. The zero-order chi connectivity index (χ0) is 32.2. The van der Waals surface area contributed by atoms with E-state index in [2.05, 4.69) is 14.7 Å². The van der Waals surface area contributed by atoms with Gasteiger partial charge in [0.2, 0.25) is 5.75 Å². The first-order chi connectivity index (χ1) is 21.7. The number of nitrogens with zero attached hydrogens (tertiary/aromatic N) is 2. The molecular formula is C30H30N4O10S. The van der Waals surface area contributed by atoms with Gasteiger partial charge in [0, 0.05) is 6.92 Å². The molecule has 1 unspecified atom stereocenters. The van der Waals surface area contributed by atoms with E-state index in [1.807, 2.05) is 0 Å². The lowest BCUT2D eigenvalue weighted by Gasteiger charge is -2.20. The molecule has 1 amide bonds. The van der Waals surface area contributed by atoms with Gasteiger partial charge in [-0.1, -0.05) is 42.5 Å². The Morgan fingerprint density at radius 3 is 2.24 bits per heavy atom. The number of aromatic nitrogens is 2. The molecule has 4 rings (SSSR count). The number of esters is 1. The van der Waals surface area contributed by atoms with E-state index in [0.29, 0.717) is 17.1 Å². The minimum atomic E-state index is -4.22. The highest BCUT2D eigenvalue weighted by Gasteiger charge is 2.25. The number of rotatable bonds is 15. The van der Waals surface area contributed by atoms with Crippen LogP contribution in [0.4, 0.5) is 10.6 Å². The monoisotopic (exact) mass is 638 g/mol. The maximum Gasteiger partial charge on any atom is 0.405 e. The number of sulfonamides is 1. The van der Waals surface area contributed by atoms with Crippen molar-refractivity contribution < 1.29 is 46.4 Å². The third-order valence-corrected chi connectivity index (χ3v) is 7.23. The number of nitrogens with one attached hydrogen (secondary N) is 1. The molecular weight excluding hydrogens is 608 g/mol. The Kier molecular flexibility index (Phi) is 11.0. The minimum Gasteiger partial charge on any atom is -0.493 e. The smallest absolute Gasteiger partial charge is 0.405 e. The highest BCUT2D eigenvalue weighted by Crippen LogP contribution is 2.40. The molecule has 0 bridgehead atoms. The van der Waals surface area contributed by atoms with Gasteiger partial charge in [-0.25, -0.2) is 18.2 Å². The van der Waals surface area contributed by atoms with Crippen LogP contribution in [0.15, 0.2) is 90.1 Å². The molecule has 0 radical (unpaired) electrons. The van der Waals surface area contributed by atoms with Gasteiger partial charge in [0.1, 0.15) is 31.9 Å². The molecule has 1 heterocycles. The van der Waals surface area contributed by atoms with E-state index < -0.39 is 28.2 Å². The second-order valence-corrected chi connectivity index (χ2v) is 10.7. The van der Waals surface area contributed by atoms with E-state index in [1.165, 1.54) is 38.3 Å². The fraction of sp³-hybridized carbons (Fsp3) is 0.200. The van der Waals surface area contributed by atoms with Gasteiger partial charge in [-0.2, -0.15) is 4.98 Å². The largest absolute Gasteiger partial charge is 0.493 e. The SMILES string of the molecule is COc1ccccc1Oc1c(NS(=O)(=O)c2ccc(OCCOC(C)=O)cc2)ncnc1OCC(OC(N)=O)c1ccccc1. The van der Waals surface area contributed by atoms with E-state index in [-0.39, 0.29) is 47.9 Å². The van der Waals surface area contributed by atoms with Crippen molar-refractivity contribution in [3.8, 4) is 28.9 Å². The molecule has 236 valence electrons. The zero-order valence-electron chi connectivity index (χ0n) is 24.2. The van der Waals surface area contributed by atoms with Gasteiger partial charge in [0.25, 0.3) is 15.9 Å². The van der Waals surface area contributed by atoms with Crippen molar-refractivity contribution in [3.05, 3.63) is 90.8 Å². The van der Waals surface area contributed by atoms with Crippen LogP contribution in [-0.4, -0.2) is 57.4 Å². The van der Waals surface area contributed by atoms with Gasteiger partial charge < -0.3 is 34.2 Å². The molecule has 15 heteroatoms. The standard InChI is InChI=1S/C30H30N4O10S/c1-20(35)40-16-17-41-22-12-14-23(15-13-22)45(37,38)34-28-27(43-25-11-7-6-10-24(25)39-2)29(33-19-32-28)42-18-26(44-30(31)36)21-8-4-3-5-9-21/h3-15,19,26H,16-18H2,1-2H3,(H2,31,36)(H,32,33,34).